The molecule has 1 amide bonds. The Morgan fingerprint density at radius 2 is 1.91 bits per heavy atom. The monoisotopic (exact) mass is 311 g/mol. The van der Waals surface area contributed by atoms with Crippen LogP contribution in [0.2, 0.25) is 0 Å². The molecule has 1 aromatic carbocycles. The fraction of sp³-hybridized carbons (Fsp3) is 0.353. The zero-order chi connectivity index (χ0) is 15.8. The van der Waals surface area contributed by atoms with Gasteiger partial charge in [-0.2, -0.15) is 0 Å². The van der Waals surface area contributed by atoms with Crippen molar-refractivity contribution in [3.05, 3.63) is 35.4 Å². The van der Waals surface area contributed by atoms with Gasteiger partial charge in [0.05, 0.1) is 18.0 Å². The number of ketones is 2. The summed E-state index contributed by atoms with van der Waals surface area (Å²) in [6, 6.07) is 3.38. The summed E-state index contributed by atoms with van der Waals surface area (Å²) < 4.78 is 10.8. The van der Waals surface area contributed by atoms with Gasteiger partial charge in [0.1, 0.15) is 0 Å². The molecule has 0 saturated carbocycles. The van der Waals surface area contributed by atoms with E-state index in [2.05, 4.69) is 0 Å². The van der Waals surface area contributed by atoms with Crippen LogP contribution in [0.15, 0.2) is 24.3 Å². The van der Waals surface area contributed by atoms with Gasteiger partial charge in [-0.1, -0.05) is 6.08 Å². The van der Waals surface area contributed by atoms with Crippen molar-refractivity contribution in [2.24, 2.45) is 0 Å². The molecule has 3 heterocycles. The lowest BCUT2D eigenvalue weighted by atomic mass is 9.78. The van der Waals surface area contributed by atoms with Crippen LogP contribution >= 0.6 is 0 Å². The summed E-state index contributed by atoms with van der Waals surface area (Å²) in [6.07, 6.45) is 4.26. The van der Waals surface area contributed by atoms with E-state index in [1.807, 2.05) is 0 Å². The molecule has 1 spiro atoms. The van der Waals surface area contributed by atoms with Gasteiger partial charge in [-0.3, -0.25) is 14.4 Å². The van der Waals surface area contributed by atoms with Gasteiger partial charge in [0, 0.05) is 12.0 Å². The van der Waals surface area contributed by atoms with Crippen LogP contribution in [0.1, 0.15) is 34.7 Å². The van der Waals surface area contributed by atoms with Crippen LogP contribution in [0.25, 0.3) is 0 Å². The number of rotatable bonds is 0. The number of carbonyl (C=O) groups is 3. The summed E-state index contributed by atoms with van der Waals surface area (Å²) >= 11 is 0. The van der Waals surface area contributed by atoms with Crippen LogP contribution in [0, 0.1) is 0 Å². The normalized spacial score (nSPS) is 30.3. The molecule has 0 bridgehead atoms. The van der Waals surface area contributed by atoms with Crippen molar-refractivity contribution >= 4 is 17.5 Å². The topological polar surface area (TPSA) is 72.9 Å². The Balaban J connectivity index is 1.78. The number of amides is 1. The largest absolute Gasteiger partial charge is 0.454 e. The maximum atomic E-state index is 12.7. The van der Waals surface area contributed by atoms with Crippen molar-refractivity contribution < 1.29 is 23.9 Å². The van der Waals surface area contributed by atoms with Crippen molar-refractivity contribution in [3.8, 4) is 11.5 Å². The molecule has 6 heteroatoms. The van der Waals surface area contributed by atoms with Gasteiger partial charge < -0.3 is 14.4 Å². The van der Waals surface area contributed by atoms with Gasteiger partial charge in [0.25, 0.3) is 0 Å². The molecule has 4 aliphatic rings. The molecule has 1 aliphatic carbocycles. The first-order valence-corrected chi connectivity index (χ1v) is 7.60. The summed E-state index contributed by atoms with van der Waals surface area (Å²) in [5.74, 6) is 0.214. The smallest absolute Gasteiger partial charge is 0.231 e. The van der Waals surface area contributed by atoms with Crippen LogP contribution in [-0.4, -0.2) is 41.3 Å². The zero-order valence-electron chi connectivity index (χ0n) is 12.2. The third kappa shape index (κ3) is 1.46. The highest BCUT2D eigenvalue weighted by Crippen LogP contribution is 2.51. The number of benzene rings is 1. The van der Waals surface area contributed by atoms with Crippen molar-refractivity contribution in [1.82, 2.24) is 4.90 Å². The lowest BCUT2D eigenvalue weighted by Gasteiger charge is -2.36. The van der Waals surface area contributed by atoms with E-state index in [0.29, 0.717) is 35.5 Å². The van der Waals surface area contributed by atoms with E-state index in [0.717, 1.165) is 0 Å². The first kappa shape index (κ1) is 12.9. The zero-order valence-corrected chi connectivity index (χ0v) is 12.2. The molecule has 23 heavy (non-hydrogen) atoms. The number of fused-ring (bicyclic) bond motifs is 3. The summed E-state index contributed by atoms with van der Waals surface area (Å²) in [7, 11) is 0. The standard InChI is InChI=1S/C17H13NO5/c19-11-1-3-17-4-2-15(21)18(17)7-12(20)9-5-13-14(23-8-22-13)6-10(9)16(11)17/h1,3,5-6,16H,2,4,7-8H2/t16-,17-/m1/s1. The molecule has 0 unspecified atom stereocenters. The minimum atomic E-state index is -0.706. The number of Topliss-reactive ketones (excluding diaryl/α,β-unsaturated/α-hetero) is 1. The summed E-state index contributed by atoms with van der Waals surface area (Å²) in [6.45, 7) is 0.110. The van der Waals surface area contributed by atoms with E-state index in [-0.39, 0.29) is 30.8 Å². The summed E-state index contributed by atoms with van der Waals surface area (Å²) in [5.41, 5.74) is 0.396. The third-order valence-corrected chi connectivity index (χ3v) is 5.32. The Morgan fingerprint density at radius 3 is 2.74 bits per heavy atom. The molecule has 1 saturated heterocycles. The van der Waals surface area contributed by atoms with Crippen LogP contribution in [-0.2, 0) is 9.59 Å². The Labute approximate surface area is 131 Å². The predicted molar refractivity (Wildman–Crippen MR) is 77.5 cm³/mol. The van der Waals surface area contributed by atoms with E-state index < -0.39 is 11.5 Å². The minimum Gasteiger partial charge on any atom is -0.454 e. The van der Waals surface area contributed by atoms with Crippen molar-refractivity contribution in [2.75, 3.05) is 13.3 Å². The predicted octanol–water partition coefficient (Wildman–Crippen LogP) is 1.20. The van der Waals surface area contributed by atoms with E-state index >= 15 is 0 Å². The minimum absolute atomic E-state index is 0.000400. The molecule has 0 radical (unpaired) electrons. The van der Waals surface area contributed by atoms with Crippen molar-refractivity contribution in [3.63, 3.8) is 0 Å². The molecule has 5 rings (SSSR count). The average molecular weight is 311 g/mol. The van der Waals surface area contributed by atoms with E-state index in [9.17, 15) is 14.4 Å². The van der Waals surface area contributed by atoms with Crippen LogP contribution in [0.3, 0.4) is 0 Å². The number of nitrogens with zero attached hydrogens (tertiary/aromatic N) is 1. The average Bonchev–Trinajstić information content (AvgIpc) is 3.18. The Morgan fingerprint density at radius 1 is 1.13 bits per heavy atom. The van der Waals surface area contributed by atoms with Crippen LogP contribution < -0.4 is 9.47 Å². The number of hydrogen-bond acceptors (Lipinski definition) is 5. The van der Waals surface area contributed by atoms with Crippen molar-refractivity contribution in [2.45, 2.75) is 24.3 Å². The highest BCUT2D eigenvalue weighted by Gasteiger charge is 2.57. The molecular formula is C17H13NO5. The highest BCUT2D eigenvalue weighted by atomic mass is 16.7. The fourth-order valence-electron chi connectivity index (χ4n) is 4.27. The maximum absolute atomic E-state index is 12.7. The molecule has 1 fully saturated rings. The SMILES string of the molecule is O=C1CN2C(=O)CC[C@@]23C=CC(=O)[C@H]3c2cc3c(cc21)OCO3. The molecule has 0 aromatic heterocycles. The number of ether oxygens (including phenoxy) is 2. The lowest BCUT2D eigenvalue weighted by Crippen LogP contribution is -2.48. The van der Waals surface area contributed by atoms with Gasteiger partial charge in [0.2, 0.25) is 12.7 Å². The quantitative estimate of drug-likeness (QED) is 0.720. The Bertz CT molecular complexity index is 827. The summed E-state index contributed by atoms with van der Waals surface area (Å²) in [4.78, 5) is 39.1. The van der Waals surface area contributed by atoms with Crippen molar-refractivity contribution in [1.29, 1.82) is 0 Å². The summed E-state index contributed by atoms with van der Waals surface area (Å²) in [5, 5.41) is 0. The number of hydrogen-bond donors (Lipinski definition) is 0. The number of allylic oxidation sites excluding steroid dienone is 1. The first-order valence-electron chi connectivity index (χ1n) is 7.60. The maximum Gasteiger partial charge on any atom is 0.231 e. The van der Waals surface area contributed by atoms with Gasteiger partial charge in [-0.25, -0.2) is 0 Å². The van der Waals surface area contributed by atoms with E-state index in [1.54, 1.807) is 29.2 Å². The highest BCUT2D eigenvalue weighted by molar-refractivity contribution is 6.09. The number of carbonyl (C=O) groups excluding carboxylic acids is 3. The Hall–Kier alpha value is -2.63. The molecule has 116 valence electrons. The molecule has 1 aromatic rings. The molecule has 3 aliphatic heterocycles. The molecule has 2 atom stereocenters. The van der Waals surface area contributed by atoms with Gasteiger partial charge in [-0.05, 0) is 30.2 Å². The van der Waals surface area contributed by atoms with Crippen LogP contribution in [0.4, 0.5) is 0 Å². The first-order chi connectivity index (χ1) is 11.1. The second-order valence-electron chi connectivity index (χ2n) is 6.36. The van der Waals surface area contributed by atoms with Crippen LogP contribution in [0.5, 0.6) is 11.5 Å². The third-order valence-electron chi connectivity index (χ3n) is 5.32. The van der Waals surface area contributed by atoms with E-state index in [4.69, 9.17) is 9.47 Å². The second-order valence-corrected chi connectivity index (χ2v) is 6.36. The molecule has 6 nitrogen and oxygen atoms in total. The fourth-order valence-corrected chi connectivity index (χ4v) is 4.27. The molecular weight excluding hydrogens is 298 g/mol. The van der Waals surface area contributed by atoms with Gasteiger partial charge >= 0.3 is 0 Å². The lowest BCUT2D eigenvalue weighted by molar-refractivity contribution is -0.130. The van der Waals surface area contributed by atoms with Gasteiger partial charge in [0.15, 0.2) is 23.1 Å². The van der Waals surface area contributed by atoms with E-state index in [1.165, 1.54) is 0 Å². The second kappa shape index (κ2) is 4.01. The van der Waals surface area contributed by atoms with Gasteiger partial charge in [-0.15, -0.1) is 0 Å². The molecule has 0 N–H and O–H groups in total. The Kier molecular flexibility index (Phi) is 2.24.